The zero-order valence-corrected chi connectivity index (χ0v) is 10.7. The first-order valence-corrected chi connectivity index (χ1v) is 6.23. The number of nitrogens with zero attached hydrogens (tertiary/aromatic N) is 3. The van der Waals surface area contributed by atoms with E-state index in [0.717, 1.165) is 18.0 Å². The molecule has 3 nitrogen and oxygen atoms in total. The maximum absolute atomic E-state index is 13.1. The minimum absolute atomic E-state index is 0.519. The molecule has 0 radical (unpaired) electrons. The van der Waals surface area contributed by atoms with E-state index in [4.69, 9.17) is 0 Å². The highest BCUT2D eigenvalue weighted by molar-refractivity contribution is 9.08. The van der Waals surface area contributed by atoms with Crippen LogP contribution < -0.4 is 0 Å². The van der Waals surface area contributed by atoms with Crippen LogP contribution in [0.4, 0.5) is 8.78 Å². The highest BCUT2D eigenvalue weighted by atomic mass is 79.9. The average molecular weight is 302 g/mol. The van der Waals surface area contributed by atoms with Gasteiger partial charge in [0.15, 0.2) is 17.5 Å². The minimum Gasteiger partial charge on any atom is -0.311 e. The third-order valence-corrected chi connectivity index (χ3v) is 2.94. The van der Waals surface area contributed by atoms with E-state index in [1.165, 1.54) is 6.07 Å². The van der Waals surface area contributed by atoms with Gasteiger partial charge in [-0.1, -0.05) is 15.9 Å². The summed E-state index contributed by atoms with van der Waals surface area (Å²) < 4.78 is 27.8. The summed E-state index contributed by atoms with van der Waals surface area (Å²) in [7, 11) is 0. The summed E-state index contributed by atoms with van der Waals surface area (Å²) >= 11 is 3.30. The highest BCUT2D eigenvalue weighted by Crippen LogP contribution is 2.21. The number of aromatic nitrogens is 3. The molecule has 0 saturated carbocycles. The Morgan fingerprint density at radius 3 is 2.59 bits per heavy atom. The van der Waals surface area contributed by atoms with E-state index in [1.54, 1.807) is 0 Å². The predicted molar refractivity (Wildman–Crippen MR) is 63.7 cm³/mol. The van der Waals surface area contributed by atoms with Gasteiger partial charge in [-0.05, 0) is 25.1 Å². The van der Waals surface area contributed by atoms with Gasteiger partial charge < -0.3 is 4.57 Å². The summed E-state index contributed by atoms with van der Waals surface area (Å²) in [5, 5.41) is 8.54. The Morgan fingerprint density at radius 1 is 1.24 bits per heavy atom. The van der Waals surface area contributed by atoms with Gasteiger partial charge in [0.2, 0.25) is 0 Å². The fourth-order valence-corrected chi connectivity index (χ4v) is 2.03. The summed E-state index contributed by atoms with van der Waals surface area (Å²) in [6, 6.07) is 3.71. The molecule has 0 atom stereocenters. The first-order chi connectivity index (χ1) is 8.17. The Bertz CT molecular complexity index is 540. The quantitative estimate of drug-likeness (QED) is 0.816. The van der Waals surface area contributed by atoms with E-state index in [9.17, 15) is 8.78 Å². The van der Waals surface area contributed by atoms with Crippen molar-refractivity contribution in [3.63, 3.8) is 0 Å². The molecule has 0 aliphatic heterocycles. The lowest BCUT2D eigenvalue weighted by molar-refractivity contribution is 0.509. The van der Waals surface area contributed by atoms with Crippen LogP contribution in [-0.4, -0.2) is 14.8 Å². The van der Waals surface area contributed by atoms with Crippen LogP contribution in [0.3, 0.4) is 0 Å². The number of hydrogen-bond acceptors (Lipinski definition) is 2. The summed E-state index contributed by atoms with van der Waals surface area (Å²) in [5.74, 6) is -0.446. The van der Waals surface area contributed by atoms with Crippen molar-refractivity contribution in [3.8, 4) is 11.4 Å². The molecular formula is C11H10BrF2N3. The molecule has 0 bridgehead atoms. The van der Waals surface area contributed by atoms with Crippen LogP contribution in [-0.2, 0) is 11.9 Å². The van der Waals surface area contributed by atoms with Crippen molar-refractivity contribution >= 4 is 15.9 Å². The van der Waals surface area contributed by atoms with Crippen LogP contribution in [0.25, 0.3) is 11.4 Å². The second kappa shape index (κ2) is 4.91. The molecule has 0 unspecified atom stereocenters. The molecule has 1 heterocycles. The van der Waals surface area contributed by atoms with E-state index < -0.39 is 11.6 Å². The van der Waals surface area contributed by atoms with E-state index in [0.29, 0.717) is 23.3 Å². The number of halogens is 3. The molecule has 2 aromatic rings. The van der Waals surface area contributed by atoms with Gasteiger partial charge in [0.05, 0.1) is 5.33 Å². The molecule has 6 heteroatoms. The zero-order chi connectivity index (χ0) is 12.4. The van der Waals surface area contributed by atoms with Gasteiger partial charge in [0.1, 0.15) is 5.82 Å². The van der Waals surface area contributed by atoms with E-state index >= 15 is 0 Å². The second-order valence-corrected chi connectivity index (χ2v) is 4.01. The molecule has 1 aromatic carbocycles. The summed E-state index contributed by atoms with van der Waals surface area (Å²) in [6.07, 6.45) is 0. The summed E-state index contributed by atoms with van der Waals surface area (Å²) in [5.41, 5.74) is 0.519. The van der Waals surface area contributed by atoms with Gasteiger partial charge in [-0.25, -0.2) is 8.78 Å². The summed E-state index contributed by atoms with van der Waals surface area (Å²) in [6.45, 7) is 2.61. The van der Waals surface area contributed by atoms with Crippen molar-refractivity contribution < 1.29 is 8.78 Å². The Kier molecular flexibility index (Phi) is 3.51. The van der Waals surface area contributed by atoms with E-state index in [-0.39, 0.29) is 0 Å². The fraction of sp³-hybridized carbons (Fsp3) is 0.273. The second-order valence-electron chi connectivity index (χ2n) is 3.45. The maximum atomic E-state index is 13.1. The molecule has 0 aliphatic carbocycles. The molecule has 0 N–H and O–H groups in total. The van der Waals surface area contributed by atoms with Crippen LogP contribution in [0, 0.1) is 11.6 Å². The van der Waals surface area contributed by atoms with Crippen LogP contribution >= 0.6 is 15.9 Å². The fourth-order valence-electron chi connectivity index (χ4n) is 1.62. The molecule has 17 heavy (non-hydrogen) atoms. The lowest BCUT2D eigenvalue weighted by Crippen LogP contribution is -2.02. The average Bonchev–Trinajstić information content (AvgIpc) is 2.75. The molecule has 0 spiro atoms. The third kappa shape index (κ3) is 2.22. The van der Waals surface area contributed by atoms with Gasteiger partial charge in [-0.3, -0.25) is 0 Å². The molecule has 0 fully saturated rings. The monoisotopic (exact) mass is 301 g/mol. The first-order valence-electron chi connectivity index (χ1n) is 5.10. The molecule has 90 valence electrons. The van der Waals surface area contributed by atoms with E-state index in [2.05, 4.69) is 26.1 Å². The predicted octanol–water partition coefficient (Wildman–Crippen LogP) is 3.14. The minimum atomic E-state index is -0.881. The molecule has 2 rings (SSSR count). The van der Waals surface area contributed by atoms with Gasteiger partial charge >= 0.3 is 0 Å². The molecule has 0 saturated heterocycles. The van der Waals surface area contributed by atoms with Crippen molar-refractivity contribution in [2.75, 3.05) is 0 Å². The molecular weight excluding hydrogens is 292 g/mol. The SMILES string of the molecule is CCn1c(CBr)nnc1-c1ccc(F)c(F)c1. The maximum Gasteiger partial charge on any atom is 0.164 e. The third-order valence-electron chi connectivity index (χ3n) is 2.44. The largest absolute Gasteiger partial charge is 0.311 e. The Labute approximate surface area is 106 Å². The summed E-state index contributed by atoms with van der Waals surface area (Å²) in [4.78, 5) is 0. The van der Waals surface area contributed by atoms with Gasteiger partial charge in [0.25, 0.3) is 0 Å². The van der Waals surface area contributed by atoms with Crippen molar-refractivity contribution in [3.05, 3.63) is 35.7 Å². The topological polar surface area (TPSA) is 30.7 Å². The van der Waals surface area contributed by atoms with Gasteiger partial charge in [-0.2, -0.15) is 0 Å². The Hall–Kier alpha value is -1.30. The van der Waals surface area contributed by atoms with Gasteiger partial charge in [0, 0.05) is 12.1 Å². The Balaban J connectivity index is 2.52. The molecule has 1 aromatic heterocycles. The Morgan fingerprint density at radius 2 is 2.00 bits per heavy atom. The van der Waals surface area contributed by atoms with Crippen LogP contribution in [0.1, 0.15) is 12.7 Å². The number of benzene rings is 1. The van der Waals surface area contributed by atoms with Crippen LogP contribution in [0.5, 0.6) is 0 Å². The normalized spacial score (nSPS) is 10.8. The van der Waals surface area contributed by atoms with Crippen molar-refractivity contribution in [1.82, 2.24) is 14.8 Å². The standard InChI is InChI=1S/C11H10BrF2N3/c1-2-17-10(6-12)15-16-11(17)7-3-4-8(13)9(14)5-7/h3-5H,2,6H2,1H3. The first kappa shape index (κ1) is 12.2. The number of alkyl halides is 1. The van der Waals surface area contributed by atoms with Crippen LogP contribution in [0.15, 0.2) is 18.2 Å². The van der Waals surface area contributed by atoms with Crippen molar-refractivity contribution in [1.29, 1.82) is 0 Å². The lowest BCUT2D eigenvalue weighted by Gasteiger charge is -2.06. The highest BCUT2D eigenvalue weighted by Gasteiger charge is 2.13. The molecule has 0 aliphatic rings. The number of rotatable bonds is 3. The van der Waals surface area contributed by atoms with Crippen molar-refractivity contribution in [2.24, 2.45) is 0 Å². The van der Waals surface area contributed by atoms with Crippen LogP contribution in [0.2, 0.25) is 0 Å². The zero-order valence-electron chi connectivity index (χ0n) is 9.12. The van der Waals surface area contributed by atoms with Crippen molar-refractivity contribution in [2.45, 2.75) is 18.8 Å². The van der Waals surface area contributed by atoms with E-state index in [1.807, 2.05) is 11.5 Å². The molecule has 0 amide bonds. The van der Waals surface area contributed by atoms with Gasteiger partial charge in [-0.15, -0.1) is 10.2 Å². The lowest BCUT2D eigenvalue weighted by atomic mass is 10.2. The smallest absolute Gasteiger partial charge is 0.164 e. The number of hydrogen-bond donors (Lipinski definition) is 0.